The van der Waals surface area contributed by atoms with Crippen molar-refractivity contribution in [3.63, 3.8) is 0 Å². The van der Waals surface area contributed by atoms with E-state index >= 15 is 0 Å². The number of nitrogens with one attached hydrogen (secondary N) is 1. The average molecular weight is 1010 g/mol. The molecule has 1 fully saturated rings. The maximum atomic E-state index is 13.0. The van der Waals surface area contributed by atoms with E-state index in [-0.39, 0.29) is 18.5 Å². The molecule has 7 unspecified atom stereocenters. The highest BCUT2D eigenvalue weighted by Crippen LogP contribution is 2.23. The number of amides is 1. The monoisotopic (exact) mass is 1010 g/mol. The van der Waals surface area contributed by atoms with Crippen molar-refractivity contribution in [1.29, 1.82) is 0 Å². The van der Waals surface area contributed by atoms with E-state index in [9.17, 15) is 35.1 Å². The van der Waals surface area contributed by atoms with Crippen molar-refractivity contribution >= 4 is 11.9 Å². The van der Waals surface area contributed by atoms with E-state index in [1.165, 1.54) is 167 Å². The number of hydrogen-bond donors (Lipinski definition) is 6. The highest BCUT2D eigenvalue weighted by atomic mass is 16.7. The second-order valence-corrected chi connectivity index (χ2v) is 21.1. The molecule has 0 aromatic carbocycles. The Morgan fingerprint density at radius 1 is 0.507 bits per heavy atom. The van der Waals surface area contributed by atoms with Gasteiger partial charge in [-0.3, -0.25) is 9.59 Å². The first-order valence-corrected chi connectivity index (χ1v) is 30.1. The number of carbonyl (C=O) groups excluding carboxylic acids is 2. The minimum absolute atomic E-state index is 0.0165. The number of allylic oxidation sites excluding steroid dienone is 3. The minimum Gasteiger partial charge on any atom is -0.466 e. The highest BCUT2D eigenvalue weighted by Gasteiger charge is 2.44. The Bertz CT molecular complexity index is 1230. The molecule has 1 aliphatic heterocycles. The van der Waals surface area contributed by atoms with Crippen LogP contribution in [0.3, 0.4) is 0 Å². The largest absolute Gasteiger partial charge is 0.466 e. The maximum Gasteiger partial charge on any atom is 0.305 e. The fourth-order valence-electron chi connectivity index (χ4n) is 9.49. The Labute approximate surface area is 435 Å². The third-order valence-electron chi connectivity index (χ3n) is 14.3. The molecule has 1 heterocycles. The maximum absolute atomic E-state index is 13.0. The van der Waals surface area contributed by atoms with Gasteiger partial charge in [0.25, 0.3) is 0 Å². The topological polar surface area (TPSA) is 175 Å². The average Bonchev–Trinajstić information content (AvgIpc) is 3.37. The van der Waals surface area contributed by atoms with Crippen LogP contribution in [0, 0.1) is 0 Å². The van der Waals surface area contributed by atoms with Crippen LogP contribution in [0.2, 0.25) is 0 Å². The molecular formula is C60H113NO10. The van der Waals surface area contributed by atoms with Crippen molar-refractivity contribution in [1.82, 2.24) is 5.32 Å². The Morgan fingerprint density at radius 2 is 0.901 bits per heavy atom. The van der Waals surface area contributed by atoms with Crippen LogP contribution in [0.4, 0.5) is 0 Å². The zero-order valence-corrected chi connectivity index (χ0v) is 45.9. The number of esters is 1. The molecule has 0 aliphatic carbocycles. The van der Waals surface area contributed by atoms with E-state index in [1.54, 1.807) is 6.08 Å². The zero-order valence-electron chi connectivity index (χ0n) is 45.9. The molecule has 7 atom stereocenters. The molecule has 11 heteroatoms. The SMILES string of the molecule is CCCCCCCCC/C=C/C(O)C(COC1OC(CO)C(O)C(O)C1O)NC(=O)CCCCCCC/C=C\CCCCCCCCCOC(=O)CCCCCCCCCCCCCCCCCCCC. The lowest BCUT2D eigenvalue weighted by molar-refractivity contribution is -0.302. The van der Waals surface area contributed by atoms with Gasteiger partial charge < -0.3 is 45.1 Å². The zero-order chi connectivity index (χ0) is 51.7. The molecule has 6 N–H and O–H groups in total. The van der Waals surface area contributed by atoms with E-state index in [2.05, 4.69) is 31.3 Å². The summed E-state index contributed by atoms with van der Waals surface area (Å²) in [5, 5.41) is 54.2. The molecule has 1 amide bonds. The second-order valence-electron chi connectivity index (χ2n) is 21.1. The Morgan fingerprint density at radius 3 is 1.35 bits per heavy atom. The molecule has 0 saturated carbocycles. The minimum atomic E-state index is -1.58. The summed E-state index contributed by atoms with van der Waals surface area (Å²) in [5.74, 6) is -0.217. The number of aliphatic hydroxyl groups excluding tert-OH is 5. The summed E-state index contributed by atoms with van der Waals surface area (Å²) in [6.45, 7) is 4.29. The van der Waals surface area contributed by atoms with Gasteiger partial charge >= 0.3 is 5.97 Å². The first-order valence-electron chi connectivity index (χ1n) is 30.1. The lowest BCUT2D eigenvalue weighted by Gasteiger charge is -2.40. The lowest BCUT2D eigenvalue weighted by atomic mass is 9.99. The van der Waals surface area contributed by atoms with Crippen LogP contribution < -0.4 is 5.32 Å². The van der Waals surface area contributed by atoms with Crippen LogP contribution in [0.25, 0.3) is 0 Å². The summed E-state index contributed by atoms with van der Waals surface area (Å²) in [5.41, 5.74) is 0. The van der Waals surface area contributed by atoms with Gasteiger partial charge in [-0.1, -0.05) is 237 Å². The first kappa shape index (κ1) is 67.2. The molecule has 0 radical (unpaired) electrons. The molecule has 0 aromatic rings. The highest BCUT2D eigenvalue weighted by molar-refractivity contribution is 5.76. The molecule has 1 rings (SSSR count). The summed E-state index contributed by atoms with van der Waals surface area (Å²) in [7, 11) is 0. The fraction of sp³-hybridized carbons (Fsp3) is 0.900. The van der Waals surface area contributed by atoms with Crippen LogP contribution >= 0.6 is 0 Å². The van der Waals surface area contributed by atoms with E-state index in [1.807, 2.05) is 6.08 Å². The Balaban J connectivity index is 2.03. The van der Waals surface area contributed by atoms with Gasteiger partial charge in [-0.2, -0.15) is 0 Å². The lowest BCUT2D eigenvalue weighted by Crippen LogP contribution is -2.60. The molecule has 1 aliphatic rings. The van der Waals surface area contributed by atoms with Crippen molar-refractivity contribution < 1.29 is 49.3 Å². The summed E-state index contributed by atoms with van der Waals surface area (Å²) < 4.78 is 16.7. The van der Waals surface area contributed by atoms with E-state index < -0.39 is 49.5 Å². The van der Waals surface area contributed by atoms with E-state index in [4.69, 9.17) is 14.2 Å². The van der Waals surface area contributed by atoms with Gasteiger partial charge in [0.2, 0.25) is 5.91 Å². The van der Waals surface area contributed by atoms with Crippen LogP contribution in [0.5, 0.6) is 0 Å². The van der Waals surface area contributed by atoms with Crippen molar-refractivity contribution in [2.45, 2.75) is 326 Å². The normalized spacial score (nSPS) is 19.2. The Kier molecular flexibility index (Phi) is 47.6. The van der Waals surface area contributed by atoms with Gasteiger partial charge in [0.1, 0.15) is 24.4 Å². The standard InChI is InChI=1S/C60H113NO10/c1-3-5-7-9-11-13-14-15-16-17-18-22-25-28-32-36-40-44-48-56(65)69-49-45-41-37-33-29-26-23-20-19-21-24-27-31-35-39-43-47-55(64)61-52(53(63)46-42-38-34-30-12-10-8-6-4-2)51-70-60-59(68)58(67)57(66)54(50-62)71-60/h19,21,42,46,52-54,57-60,62-63,66-68H,3-18,20,22-41,43-45,47-51H2,1-2H3,(H,61,64)/b21-19-,46-42+. The number of aliphatic hydroxyl groups is 5. The molecule has 0 bridgehead atoms. The number of hydrogen-bond acceptors (Lipinski definition) is 10. The number of carbonyl (C=O) groups is 2. The molecule has 0 spiro atoms. The van der Waals surface area contributed by atoms with Crippen LogP contribution in [-0.2, 0) is 23.8 Å². The van der Waals surface area contributed by atoms with Crippen molar-refractivity contribution in [3.05, 3.63) is 24.3 Å². The van der Waals surface area contributed by atoms with Gasteiger partial charge in [0, 0.05) is 12.8 Å². The molecule has 1 saturated heterocycles. The second kappa shape index (κ2) is 50.3. The third kappa shape index (κ3) is 40.2. The molecular weight excluding hydrogens is 895 g/mol. The van der Waals surface area contributed by atoms with Crippen LogP contribution in [-0.4, -0.2) is 100 Å². The summed E-state index contributed by atoms with van der Waals surface area (Å²) in [6, 6.07) is -0.820. The molecule has 71 heavy (non-hydrogen) atoms. The number of rotatable bonds is 52. The number of unbranched alkanes of at least 4 members (excludes halogenated alkanes) is 36. The van der Waals surface area contributed by atoms with Gasteiger partial charge in [-0.15, -0.1) is 0 Å². The van der Waals surface area contributed by atoms with Crippen molar-refractivity contribution in [2.24, 2.45) is 0 Å². The summed E-state index contributed by atoms with van der Waals surface area (Å²) in [6.07, 6.45) is 50.0. The first-order chi connectivity index (χ1) is 34.7. The number of ether oxygens (including phenoxy) is 3. The summed E-state index contributed by atoms with van der Waals surface area (Å²) >= 11 is 0. The van der Waals surface area contributed by atoms with Crippen LogP contribution in [0.1, 0.15) is 284 Å². The van der Waals surface area contributed by atoms with E-state index in [0.29, 0.717) is 19.4 Å². The van der Waals surface area contributed by atoms with E-state index in [0.717, 1.165) is 89.9 Å². The van der Waals surface area contributed by atoms with Gasteiger partial charge in [-0.05, 0) is 57.8 Å². The predicted octanol–water partition coefficient (Wildman–Crippen LogP) is 13.7. The Hall–Kier alpha value is -1.86. The van der Waals surface area contributed by atoms with Crippen molar-refractivity contribution in [2.75, 3.05) is 19.8 Å². The van der Waals surface area contributed by atoms with Gasteiger partial charge in [0.05, 0.1) is 32.0 Å². The molecule has 0 aromatic heterocycles. The van der Waals surface area contributed by atoms with Gasteiger partial charge in [-0.25, -0.2) is 0 Å². The summed E-state index contributed by atoms with van der Waals surface area (Å²) in [4.78, 5) is 25.1. The molecule has 11 nitrogen and oxygen atoms in total. The quantitative estimate of drug-likeness (QED) is 0.0195. The molecule has 418 valence electrons. The van der Waals surface area contributed by atoms with Crippen LogP contribution in [0.15, 0.2) is 24.3 Å². The predicted molar refractivity (Wildman–Crippen MR) is 292 cm³/mol. The fourth-order valence-corrected chi connectivity index (χ4v) is 9.49. The smallest absolute Gasteiger partial charge is 0.305 e. The third-order valence-corrected chi connectivity index (χ3v) is 14.3. The van der Waals surface area contributed by atoms with Crippen molar-refractivity contribution in [3.8, 4) is 0 Å². The van der Waals surface area contributed by atoms with Gasteiger partial charge in [0.15, 0.2) is 6.29 Å².